The van der Waals surface area contributed by atoms with Crippen LogP contribution in [0.4, 0.5) is 5.69 Å². The first-order valence-electron chi connectivity index (χ1n) is 11.3. The minimum Gasteiger partial charge on any atom is -0.467 e. The van der Waals surface area contributed by atoms with E-state index >= 15 is 0 Å². The fraction of sp³-hybridized carbons (Fsp3) is 0.296. The Labute approximate surface area is 204 Å². The van der Waals surface area contributed by atoms with Crippen molar-refractivity contribution >= 4 is 23.4 Å². The number of nitrogens with one attached hydrogen (secondary N) is 1. The van der Waals surface area contributed by atoms with E-state index in [4.69, 9.17) is 4.42 Å². The highest BCUT2D eigenvalue weighted by atomic mass is 32.2. The Kier molecular flexibility index (Phi) is 6.93. The van der Waals surface area contributed by atoms with Crippen LogP contribution in [0.25, 0.3) is 11.4 Å². The lowest BCUT2D eigenvalue weighted by Crippen LogP contribution is -2.15. The molecule has 2 aromatic heterocycles. The number of nitrogens with zero attached hydrogens (tertiary/aromatic N) is 3. The maximum Gasteiger partial charge on any atom is 0.234 e. The number of carbonyl (C=O) groups is 1. The molecule has 7 heteroatoms. The molecular formula is C27H30N4O2S. The summed E-state index contributed by atoms with van der Waals surface area (Å²) < 4.78 is 7.58. The van der Waals surface area contributed by atoms with E-state index in [1.54, 1.807) is 6.26 Å². The standard InChI is InChI=1S/C27H30N4O2S/c1-18-8-13-23(19(2)15-18)28-24(32)17-34-26-30-29-25(31(26)16-22-7-6-14-33-22)20-9-11-21(12-10-20)27(3,4)5/h6-15H,16-17H2,1-5H3,(H,28,32). The molecule has 0 unspecified atom stereocenters. The molecule has 0 spiro atoms. The van der Waals surface area contributed by atoms with Crippen molar-refractivity contribution in [2.24, 2.45) is 0 Å². The number of hydrogen-bond donors (Lipinski definition) is 1. The van der Waals surface area contributed by atoms with Crippen LogP contribution >= 0.6 is 11.8 Å². The highest BCUT2D eigenvalue weighted by molar-refractivity contribution is 7.99. The molecule has 0 fully saturated rings. The van der Waals surface area contributed by atoms with Crippen LogP contribution in [0.5, 0.6) is 0 Å². The second-order valence-corrected chi connectivity index (χ2v) is 10.4. The van der Waals surface area contributed by atoms with Crippen LogP contribution < -0.4 is 5.32 Å². The monoisotopic (exact) mass is 474 g/mol. The molecule has 176 valence electrons. The summed E-state index contributed by atoms with van der Waals surface area (Å²) in [6.45, 7) is 11.1. The summed E-state index contributed by atoms with van der Waals surface area (Å²) in [6.07, 6.45) is 1.65. The van der Waals surface area contributed by atoms with E-state index in [2.05, 4.69) is 66.6 Å². The van der Waals surface area contributed by atoms with Gasteiger partial charge in [-0.15, -0.1) is 10.2 Å². The molecule has 2 heterocycles. The molecule has 34 heavy (non-hydrogen) atoms. The summed E-state index contributed by atoms with van der Waals surface area (Å²) >= 11 is 1.36. The summed E-state index contributed by atoms with van der Waals surface area (Å²) in [5.41, 5.74) is 5.33. The number of aryl methyl sites for hydroxylation is 2. The first kappa shape index (κ1) is 23.8. The number of hydrogen-bond acceptors (Lipinski definition) is 5. The summed E-state index contributed by atoms with van der Waals surface area (Å²) in [7, 11) is 0. The fourth-order valence-corrected chi connectivity index (χ4v) is 4.44. The largest absolute Gasteiger partial charge is 0.467 e. The number of amides is 1. The van der Waals surface area contributed by atoms with Gasteiger partial charge in [0.25, 0.3) is 0 Å². The molecule has 4 rings (SSSR count). The van der Waals surface area contributed by atoms with Crippen molar-refractivity contribution in [2.75, 3.05) is 11.1 Å². The van der Waals surface area contributed by atoms with Gasteiger partial charge in [0.2, 0.25) is 5.91 Å². The van der Waals surface area contributed by atoms with Crippen molar-refractivity contribution in [3.05, 3.63) is 83.3 Å². The van der Waals surface area contributed by atoms with Gasteiger partial charge < -0.3 is 9.73 Å². The van der Waals surface area contributed by atoms with Crippen LogP contribution in [0.15, 0.2) is 70.4 Å². The zero-order chi connectivity index (χ0) is 24.3. The highest BCUT2D eigenvalue weighted by Gasteiger charge is 2.19. The zero-order valence-electron chi connectivity index (χ0n) is 20.3. The van der Waals surface area contributed by atoms with Gasteiger partial charge in [-0.2, -0.15) is 0 Å². The third-order valence-electron chi connectivity index (χ3n) is 5.61. The van der Waals surface area contributed by atoms with Crippen molar-refractivity contribution < 1.29 is 9.21 Å². The van der Waals surface area contributed by atoms with Gasteiger partial charge in [0.1, 0.15) is 5.76 Å². The molecule has 1 amide bonds. The second-order valence-electron chi connectivity index (χ2n) is 9.45. The lowest BCUT2D eigenvalue weighted by atomic mass is 9.87. The van der Waals surface area contributed by atoms with E-state index in [-0.39, 0.29) is 17.1 Å². The van der Waals surface area contributed by atoms with Crippen molar-refractivity contribution in [1.29, 1.82) is 0 Å². The van der Waals surface area contributed by atoms with Gasteiger partial charge in [-0.25, -0.2) is 0 Å². The summed E-state index contributed by atoms with van der Waals surface area (Å²) in [5.74, 6) is 1.69. The molecule has 0 bridgehead atoms. The quantitative estimate of drug-likeness (QED) is 0.321. The van der Waals surface area contributed by atoms with Crippen molar-refractivity contribution in [3.63, 3.8) is 0 Å². The number of carbonyl (C=O) groups excluding carboxylic acids is 1. The Morgan fingerprint density at radius 1 is 1.06 bits per heavy atom. The summed E-state index contributed by atoms with van der Waals surface area (Å²) in [6, 6.07) is 18.2. The topological polar surface area (TPSA) is 73.0 Å². The molecule has 0 saturated carbocycles. The van der Waals surface area contributed by atoms with Gasteiger partial charge in [0, 0.05) is 11.3 Å². The molecule has 0 aliphatic heterocycles. The van der Waals surface area contributed by atoms with Gasteiger partial charge in [0.05, 0.1) is 18.6 Å². The van der Waals surface area contributed by atoms with Gasteiger partial charge in [0.15, 0.2) is 11.0 Å². The summed E-state index contributed by atoms with van der Waals surface area (Å²) in [4.78, 5) is 12.7. The van der Waals surface area contributed by atoms with Gasteiger partial charge in [-0.05, 0) is 48.6 Å². The molecule has 0 aliphatic carbocycles. The lowest BCUT2D eigenvalue weighted by molar-refractivity contribution is -0.113. The van der Waals surface area contributed by atoms with E-state index in [0.29, 0.717) is 11.7 Å². The molecule has 0 aliphatic rings. The minimum atomic E-state index is -0.0828. The van der Waals surface area contributed by atoms with Crippen LogP contribution in [0.1, 0.15) is 43.2 Å². The van der Waals surface area contributed by atoms with Gasteiger partial charge >= 0.3 is 0 Å². The molecule has 0 saturated heterocycles. The van der Waals surface area contributed by atoms with Crippen LogP contribution in [0.2, 0.25) is 0 Å². The number of furan rings is 1. The first-order valence-corrected chi connectivity index (χ1v) is 12.3. The number of rotatable bonds is 7. The normalized spacial score (nSPS) is 11.6. The maximum atomic E-state index is 12.7. The Bertz CT molecular complexity index is 1270. The average molecular weight is 475 g/mol. The van der Waals surface area contributed by atoms with Crippen molar-refractivity contribution in [1.82, 2.24) is 14.8 Å². The number of thioether (sulfide) groups is 1. The van der Waals surface area contributed by atoms with Crippen LogP contribution in [-0.4, -0.2) is 26.4 Å². The van der Waals surface area contributed by atoms with Gasteiger partial charge in [-0.3, -0.25) is 9.36 Å². The van der Waals surface area contributed by atoms with Crippen molar-refractivity contribution in [2.45, 2.75) is 51.7 Å². The lowest BCUT2D eigenvalue weighted by Gasteiger charge is -2.19. The molecule has 0 atom stereocenters. The predicted molar refractivity (Wildman–Crippen MR) is 137 cm³/mol. The number of aromatic nitrogens is 3. The third kappa shape index (κ3) is 5.59. The van der Waals surface area contributed by atoms with Crippen molar-refractivity contribution in [3.8, 4) is 11.4 Å². The van der Waals surface area contributed by atoms with E-state index in [9.17, 15) is 4.79 Å². The Hall–Kier alpha value is -3.32. The van der Waals surface area contributed by atoms with E-state index in [0.717, 1.165) is 28.4 Å². The zero-order valence-corrected chi connectivity index (χ0v) is 21.1. The Balaban J connectivity index is 1.55. The molecule has 4 aromatic rings. The number of benzene rings is 2. The van der Waals surface area contributed by atoms with E-state index in [1.165, 1.54) is 22.9 Å². The first-order chi connectivity index (χ1) is 16.2. The molecule has 0 radical (unpaired) electrons. The summed E-state index contributed by atoms with van der Waals surface area (Å²) in [5, 5.41) is 12.5. The number of anilines is 1. The average Bonchev–Trinajstić information content (AvgIpc) is 3.44. The van der Waals surface area contributed by atoms with Gasteiger partial charge in [-0.1, -0.05) is 74.5 Å². The predicted octanol–water partition coefficient (Wildman–Crippen LogP) is 6.23. The fourth-order valence-electron chi connectivity index (χ4n) is 3.70. The Morgan fingerprint density at radius 3 is 2.47 bits per heavy atom. The highest BCUT2D eigenvalue weighted by Crippen LogP contribution is 2.28. The van der Waals surface area contributed by atoms with Crippen LogP contribution in [0.3, 0.4) is 0 Å². The Morgan fingerprint density at radius 2 is 1.82 bits per heavy atom. The van der Waals surface area contributed by atoms with E-state index in [1.807, 2.05) is 42.7 Å². The molecule has 6 nitrogen and oxygen atoms in total. The maximum absolute atomic E-state index is 12.7. The van der Waals surface area contributed by atoms with Crippen LogP contribution in [0, 0.1) is 13.8 Å². The SMILES string of the molecule is Cc1ccc(NC(=O)CSc2nnc(-c3ccc(C(C)(C)C)cc3)n2Cc2ccco2)c(C)c1. The van der Waals surface area contributed by atoms with E-state index < -0.39 is 0 Å². The molecule has 1 N–H and O–H groups in total. The smallest absolute Gasteiger partial charge is 0.234 e. The third-order valence-corrected chi connectivity index (χ3v) is 6.58. The van der Waals surface area contributed by atoms with Crippen LogP contribution in [-0.2, 0) is 16.8 Å². The molecular weight excluding hydrogens is 444 g/mol. The minimum absolute atomic E-state index is 0.0740. The second kappa shape index (κ2) is 9.89. The molecule has 2 aromatic carbocycles.